The smallest absolute Gasteiger partial charge is 0.267 e. The van der Waals surface area contributed by atoms with E-state index in [4.69, 9.17) is 0 Å². The standard InChI is InChI=1S/C17H13N3O/c1-2-13-11-7-4-6-10-15(11)20-16(21)12-8-3-5-9-14(12)19-17(20)18-13/h3-10H,2H2,1H3. The van der Waals surface area contributed by atoms with Crippen LogP contribution in [0.5, 0.6) is 0 Å². The van der Waals surface area contributed by atoms with E-state index in [2.05, 4.69) is 16.9 Å². The number of aryl methyl sites for hydroxylation is 1. The van der Waals surface area contributed by atoms with Gasteiger partial charge in [-0.1, -0.05) is 37.3 Å². The van der Waals surface area contributed by atoms with Crippen LogP contribution in [0, 0.1) is 0 Å². The van der Waals surface area contributed by atoms with Crippen molar-refractivity contribution in [2.45, 2.75) is 13.3 Å². The van der Waals surface area contributed by atoms with E-state index in [1.54, 1.807) is 10.5 Å². The van der Waals surface area contributed by atoms with Crippen LogP contribution in [0.1, 0.15) is 12.6 Å². The summed E-state index contributed by atoms with van der Waals surface area (Å²) in [4.78, 5) is 21.9. The van der Waals surface area contributed by atoms with Crippen LogP contribution in [-0.2, 0) is 6.42 Å². The summed E-state index contributed by atoms with van der Waals surface area (Å²) >= 11 is 0. The second-order valence-corrected chi connectivity index (χ2v) is 5.00. The number of benzene rings is 2. The first-order chi connectivity index (χ1) is 10.3. The van der Waals surface area contributed by atoms with Crippen LogP contribution in [0.3, 0.4) is 0 Å². The molecule has 4 nitrogen and oxygen atoms in total. The number of fused-ring (bicyclic) bond motifs is 4. The van der Waals surface area contributed by atoms with E-state index in [-0.39, 0.29) is 5.56 Å². The molecule has 102 valence electrons. The lowest BCUT2D eigenvalue weighted by Crippen LogP contribution is -2.18. The molecule has 2 aromatic heterocycles. The van der Waals surface area contributed by atoms with Gasteiger partial charge in [-0.3, -0.25) is 4.79 Å². The lowest BCUT2D eigenvalue weighted by Gasteiger charge is -2.09. The molecule has 0 amide bonds. The van der Waals surface area contributed by atoms with E-state index >= 15 is 0 Å². The van der Waals surface area contributed by atoms with Crippen LogP contribution in [0.15, 0.2) is 53.3 Å². The zero-order valence-electron chi connectivity index (χ0n) is 11.6. The fourth-order valence-corrected chi connectivity index (χ4v) is 2.78. The Balaban J connectivity index is 2.35. The largest absolute Gasteiger partial charge is 0.268 e. The van der Waals surface area contributed by atoms with Crippen LogP contribution >= 0.6 is 0 Å². The lowest BCUT2D eigenvalue weighted by molar-refractivity contribution is 0.998. The molecule has 0 fully saturated rings. The molecular weight excluding hydrogens is 262 g/mol. The van der Waals surface area contributed by atoms with E-state index in [1.807, 2.05) is 42.5 Å². The zero-order chi connectivity index (χ0) is 14.4. The normalized spacial score (nSPS) is 11.5. The van der Waals surface area contributed by atoms with Gasteiger partial charge in [0.15, 0.2) is 0 Å². The van der Waals surface area contributed by atoms with E-state index in [0.29, 0.717) is 16.7 Å². The Bertz CT molecular complexity index is 1050. The van der Waals surface area contributed by atoms with Crippen LogP contribution in [0.2, 0.25) is 0 Å². The van der Waals surface area contributed by atoms with Gasteiger partial charge in [-0.05, 0) is 24.6 Å². The molecule has 0 N–H and O–H groups in total. The van der Waals surface area contributed by atoms with Crippen LogP contribution < -0.4 is 5.56 Å². The highest BCUT2D eigenvalue weighted by Crippen LogP contribution is 2.19. The number of hydrogen-bond donors (Lipinski definition) is 0. The highest BCUT2D eigenvalue weighted by atomic mass is 16.1. The summed E-state index contributed by atoms with van der Waals surface area (Å²) in [6.45, 7) is 2.06. The van der Waals surface area contributed by atoms with E-state index in [0.717, 1.165) is 23.0 Å². The Morgan fingerprint density at radius 1 is 0.952 bits per heavy atom. The van der Waals surface area contributed by atoms with Gasteiger partial charge in [0, 0.05) is 5.39 Å². The summed E-state index contributed by atoms with van der Waals surface area (Å²) in [6.07, 6.45) is 0.805. The fourth-order valence-electron chi connectivity index (χ4n) is 2.78. The maximum Gasteiger partial charge on any atom is 0.267 e. The molecule has 0 aliphatic rings. The average molecular weight is 275 g/mol. The van der Waals surface area contributed by atoms with Crippen molar-refractivity contribution in [3.05, 3.63) is 64.6 Å². The van der Waals surface area contributed by atoms with Crippen molar-refractivity contribution in [3.63, 3.8) is 0 Å². The molecule has 0 aliphatic carbocycles. The predicted molar refractivity (Wildman–Crippen MR) is 83.6 cm³/mol. The maximum atomic E-state index is 12.8. The first kappa shape index (κ1) is 12.0. The van der Waals surface area contributed by atoms with Crippen molar-refractivity contribution in [2.24, 2.45) is 0 Å². The molecule has 2 heterocycles. The molecule has 0 saturated carbocycles. The molecule has 2 aromatic carbocycles. The second-order valence-electron chi connectivity index (χ2n) is 5.00. The summed E-state index contributed by atoms with van der Waals surface area (Å²) in [5.41, 5.74) is 2.45. The Morgan fingerprint density at radius 2 is 1.67 bits per heavy atom. The van der Waals surface area contributed by atoms with E-state index < -0.39 is 0 Å². The first-order valence-corrected chi connectivity index (χ1v) is 6.98. The molecule has 4 heteroatoms. The first-order valence-electron chi connectivity index (χ1n) is 6.98. The molecule has 4 rings (SSSR count). The van der Waals surface area contributed by atoms with Crippen molar-refractivity contribution in [2.75, 3.05) is 0 Å². The van der Waals surface area contributed by atoms with Gasteiger partial charge in [-0.25, -0.2) is 14.4 Å². The minimum atomic E-state index is -0.0676. The Kier molecular flexibility index (Phi) is 2.51. The van der Waals surface area contributed by atoms with Gasteiger partial charge in [0.05, 0.1) is 22.1 Å². The lowest BCUT2D eigenvalue weighted by atomic mass is 10.1. The molecule has 21 heavy (non-hydrogen) atoms. The zero-order valence-corrected chi connectivity index (χ0v) is 11.6. The maximum absolute atomic E-state index is 12.8. The Labute approximate surface area is 120 Å². The van der Waals surface area contributed by atoms with Crippen molar-refractivity contribution in [1.29, 1.82) is 0 Å². The third kappa shape index (κ3) is 1.65. The summed E-state index contributed by atoms with van der Waals surface area (Å²) in [5.74, 6) is 0.467. The molecule has 0 bridgehead atoms. The summed E-state index contributed by atoms with van der Waals surface area (Å²) in [7, 11) is 0. The second kappa shape index (κ2) is 4.38. The monoisotopic (exact) mass is 275 g/mol. The summed E-state index contributed by atoms with van der Waals surface area (Å²) < 4.78 is 1.61. The molecule has 0 atom stereocenters. The highest BCUT2D eigenvalue weighted by Gasteiger charge is 2.11. The minimum Gasteiger partial charge on any atom is -0.268 e. The number of rotatable bonds is 1. The van der Waals surface area contributed by atoms with Crippen LogP contribution in [0.25, 0.3) is 27.6 Å². The van der Waals surface area contributed by atoms with Gasteiger partial charge >= 0.3 is 0 Å². The van der Waals surface area contributed by atoms with Crippen molar-refractivity contribution in [3.8, 4) is 0 Å². The molecule has 4 aromatic rings. The number of para-hydroxylation sites is 2. The van der Waals surface area contributed by atoms with Crippen molar-refractivity contribution < 1.29 is 0 Å². The third-order valence-corrected chi connectivity index (χ3v) is 3.78. The SMILES string of the molecule is CCc1nc2nc3ccccc3c(=O)n2c2ccccc12. The van der Waals surface area contributed by atoms with E-state index in [1.165, 1.54) is 0 Å². The van der Waals surface area contributed by atoms with Gasteiger partial charge in [0.2, 0.25) is 5.78 Å². The number of aromatic nitrogens is 3. The van der Waals surface area contributed by atoms with Crippen molar-refractivity contribution in [1.82, 2.24) is 14.4 Å². The topological polar surface area (TPSA) is 47.3 Å². The molecule has 0 aliphatic heterocycles. The van der Waals surface area contributed by atoms with Gasteiger partial charge in [0.25, 0.3) is 5.56 Å². The van der Waals surface area contributed by atoms with Crippen LogP contribution in [-0.4, -0.2) is 14.4 Å². The number of nitrogens with zero attached hydrogens (tertiary/aromatic N) is 3. The minimum absolute atomic E-state index is 0.0676. The quantitative estimate of drug-likeness (QED) is 0.396. The average Bonchev–Trinajstić information content (AvgIpc) is 2.54. The summed E-state index contributed by atoms with van der Waals surface area (Å²) in [6, 6.07) is 15.2. The highest BCUT2D eigenvalue weighted by molar-refractivity contribution is 5.86. The third-order valence-electron chi connectivity index (χ3n) is 3.78. The van der Waals surface area contributed by atoms with Crippen molar-refractivity contribution >= 4 is 27.6 Å². The number of hydrogen-bond acceptors (Lipinski definition) is 3. The molecular formula is C17H13N3O. The van der Waals surface area contributed by atoms with Gasteiger partial charge in [-0.2, -0.15) is 0 Å². The molecule has 0 saturated heterocycles. The summed E-state index contributed by atoms with van der Waals surface area (Å²) in [5, 5.41) is 1.62. The predicted octanol–water partition coefficient (Wildman–Crippen LogP) is 2.96. The van der Waals surface area contributed by atoms with Crippen LogP contribution in [0.4, 0.5) is 0 Å². The van der Waals surface area contributed by atoms with Gasteiger partial charge in [-0.15, -0.1) is 0 Å². The van der Waals surface area contributed by atoms with Gasteiger partial charge in [0.1, 0.15) is 0 Å². The molecule has 0 spiro atoms. The fraction of sp³-hybridized carbons (Fsp3) is 0.118. The Morgan fingerprint density at radius 3 is 2.48 bits per heavy atom. The molecule has 0 radical (unpaired) electrons. The Hall–Kier alpha value is -2.75. The van der Waals surface area contributed by atoms with E-state index in [9.17, 15) is 4.79 Å². The van der Waals surface area contributed by atoms with Gasteiger partial charge < -0.3 is 0 Å². The molecule has 0 unspecified atom stereocenters.